The van der Waals surface area contributed by atoms with Gasteiger partial charge in [-0.2, -0.15) is 0 Å². The van der Waals surface area contributed by atoms with Gasteiger partial charge >= 0.3 is 0 Å². The molecule has 2 N–H and O–H groups in total. The van der Waals surface area contributed by atoms with Gasteiger partial charge in [0.05, 0.1) is 28.6 Å². The lowest BCUT2D eigenvalue weighted by molar-refractivity contribution is 0.757. The van der Waals surface area contributed by atoms with Gasteiger partial charge in [0.1, 0.15) is 0 Å². The molecule has 0 fully saturated rings. The third-order valence-corrected chi connectivity index (χ3v) is 2.70. The summed E-state index contributed by atoms with van der Waals surface area (Å²) in [5.74, 6) is 0. The van der Waals surface area contributed by atoms with Crippen LogP contribution in [-0.4, -0.2) is 25.0 Å². The summed E-state index contributed by atoms with van der Waals surface area (Å²) in [5.41, 5.74) is 9.09. The highest BCUT2D eigenvalue weighted by Crippen LogP contribution is 2.15. The lowest BCUT2D eigenvalue weighted by atomic mass is 10.2. The van der Waals surface area contributed by atoms with E-state index in [0.29, 0.717) is 0 Å². The Morgan fingerprint density at radius 2 is 1.94 bits per heavy atom. The van der Waals surface area contributed by atoms with Gasteiger partial charge in [-0.05, 0) is 25.1 Å². The average molecular weight is 240 g/mol. The van der Waals surface area contributed by atoms with E-state index in [1.54, 1.807) is 17.1 Å². The Bertz CT molecular complexity index is 688. The number of hydrogen-bond acceptors (Lipinski definition) is 5. The van der Waals surface area contributed by atoms with Crippen LogP contribution >= 0.6 is 0 Å². The van der Waals surface area contributed by atoms with Crippen LogP contribution in [0.1, 0.15) is 18.7 Å². The molecule has 2 aromatic heterocycles. The highest BCUT2D eigenvalue weighted by atomic mass is 15.4. The van der Waals surface area contributed by atoms with Crippen molar-refractivity contribution in [3.8, 4) is 5.69 Å². The van der Waals surface area contributed by atoms with Crippen molar-refractivity contribution in [3.05, 3.63) is 42.5 Å². The molecule has 0 bridgehead atoms. The Morgan fingerprint density at radius 3 is 2.67 bits per heavy atom. The molecule has 6 heteroatoms. The summed E-state index contributed by atoms with van der Waals surface area (Å²) in [6.07, 6.45) is 5.16. The molecule has 3 aromatic rings. The smallest absolute Gasteiger partial charge is 0.0995 e. The van der Waals surface area contributed by atoms with E-state index in [9.17, 15) is 0 Å². The first kappa shape index (κ1) is 10.8. The van der Waals surface area contributed by atoms with Crippen molar-refractivity contribution in [1.29, 1.82) is 0 Å². The number of hydrogen-bond donors (Lipinski definition) is 1. The lowest BCUT2D eigenvalue weighted by Gasteiger charge is -2.01. The number of aromatic nitrogens is 5. The molecule has 90 valence electrons. The third-order valence-electron chi connectivity index (χ3n) is 2.70. The number of rotatable bonds is 2. The minimum absolute atomic E-state index is 0.126. The second kappa shape index (κ2) is 4.15. The molecule has 1 atom stereocenters. The molecule has 0 amide bonds. The standard InChI is InChI=1S/C12H12N6/c1-8(13)12-7-18(17-16-12)9-2-3-10-11(6-9)15-5-4-14-10/h2-8H,13H2,1H3. The number of nitrogens with zero attached hydrogens (tertiary/aromatic N) is 5. The van der Waals surface area contributed by atoms with Crippen molar-refractivity contribution in [1.82, 2.24) is 25.0 Å². The first-order chi connectivity index (χ1) is 8.74. The fraction of sp³-hybridized carbons (Fsp3) is 0.167. The van der Waals surface area contributed by atoms with Gasteiger partial charge in [-0.25, -0.2) is 4.68 Å². The SMILES string of the molecule is CC(N)c1cn(-c2ccc3nccnc3c2)nn1. The monoisotopic (exact) mass is 240 g/mol. The molecule has 0 saturated carbocycles. The quantitative estimate of drug-likeness (QED) is 0.728. The van der Waals surface area contributed by atoms with E-state index < -0.39 is 0 Å². The van der Waals surface area contributed by atoms with Crippen LogP contribution in [-0.2, 0) is 0 Å². The molecule has 3 rings (SSSR count). The Morgan fingerprint density at radius 1 is 1.17 bits per heavy atom. The van der Waals surface area contributed by atoms with Crippen molar-refractivity contribution in [3.63, 3.8) is 0 Å². The maximum absolute atomic E-state index is 5.76. The van der Waals surface area contributed by atoms with Gasteiger partial charge in [0.2, 0.25) is 0 Å². The van der Waals surface area contributed by atoms with Crippen LogP contribution in [0.15, 0.2) is 36.8 Å². The van der Waals surface area contributed by atoms with Crippen LogP contribution in [0.5, 0.6) is 0 Å². The van der Waals surface area contributed by atoms with Crippen LogP contribution < -0.4 is 5.73 Å². The summed E-state index contributed by atoms with van der Waals surface area (Å²) in [5, 5.41) is 8.08. The van der Waals surface area contributed by atoms with Crippen LogP contribution in [0.3, 0.4) is 0 Å². The van der Waals surface area contributed by atoms with E-state index in [1.165, 1.54) is 0 Å². The Balaban J connectivity index is 2.07. The highest BCUT2D eigenvalue weighted by molar-refractivity contribution is 5.76. The van der Waals surface area contributed by atoms with Gasteiger partial charge in [0, 0.05) is 18.4 Å². The van der Waals surface area contributed by atoms with Crippen molar-refractivity contribution in [2.24, 2.45) is 5.73 Å². The normalized spacial score (nSPS) is 12.8. The van der Waals surface area contributed by atoms with Crippen molar-refractivity contribution < 1.29 is 0 Å². The minimum Gasteiger partial charge on any atom is -0.323 e. The fourth-order valence-electron chi connectivity index (χ4n) is 1.71. The zero-order valence-electron chi connectivity index (χ0n) is 9.85. The summed E-state index contributed by atoms with van der Waals surface area (Å²) in [4.78, 5) is 8.48. The van der Waals surface area contributed by atoms with Crippen molar-refractivity contribution in [2.75, 3.05) is 0 Å². The molecule has 0 saturated heterocycles. The largest absolute Gasteiger partial charge is 0.323 e. The maximum atomic E-state index is 5.76. The second-order valence-corrected chi connectivity index (χ2v) is 4.11. The van der Waals surface area contributed by atoms with Crippen LogP contribution in [0.25, 0.3) is 16.7 Å². The van der Waals surface area contributed by atoms with Crippen molar-refractivity contribution >= 4 is 11.0 Å². The van der Waals surface area contributed by atoms with Crippen LogP contribution in [0.2, 0.25) is 0 Å². The van der Waals surface area contributed by atoms with E-state index in [-0.39, 0.29) is 6.04 Å². The first-order valence-electron chi connectivity index (χ1n) is 5.63. The summed E-state index contributed by atoms with van der Waals surface area (Å²) in [7, 11) is 0. The van der Waals surface area contributed by atoms with Gasteiger partial charge in [0.25, 0.3) is 0 Å². The summed E-state index contributed by atoms with van der Waals surface area (Å²) in [6.45, 7) is 1.88. The Kier molecular flexibility index (Phi) is 2.49. The van der Waals surface area contributed by atoms with Crippen molar-refractivity contribution in [2.45, 2.75) is 13.0 Å². The zero-order valence-corrected chi connectivity index (χ0v) is 9.85. The van der Waals surface area contributed by atoms with Crippen LogP contribution in [0.4, 0.5) is 0 Å². The van der Waals surface area contributed by atoms with E-state index in [1.807, 2.05) is 31.3 Å². The molecule has 18 heavy (non-hydrogen) atoms. The minimum atomic E-state index is -0.126. The predicted molar refractivity (Wildman–Crippen MR) is 67.1 cm³/mol. The molecule has 0 spiro atoms. The molecule has 0 radical (unpaired) electrons. The zero-order chi connectivity index (χ0) is 12.5. The number of nitrogens with two attached hydrogens (primary N) is 1. The van der Waals surface area contributed by atoms with Gasteiger partial charge in [-0.3, -0.25) is 9.97 Å². The van der Waals surface area contributed by atoms with E-state index >= 15 is 0 Å². The number of fused-ring (bicyclic) bond motifs is 1. The van der Waals surface area contributed by atoms with Gasteiger partial charge in [0.15, 0.2) is 0 Å². The predicted octanol–water partition coefficient (Wildman–Crippen LogP) is 1.23. The van der Waals surface area contributed by atoms with Gasteiger partial charge < -0.3 is 5.73 Å². The fourth-order valence-corrected chi connectivity index (χ4v) is 1.71. The van der Waals surface area contributed by atoms with E-state index in [2.05, 4.69) is 20.3 Å². The summed E-state index contributed by atoms with van der Waals surface area (Å²) >= 11 is 0. The summed E-state index contributed by atoms with van der Waals surface area (Å²) < 4.78 is 1.69. The topological polar surface area (TPSA) is 82.5 Å². The molecule has 1 unspecified atom stereocenters. The molecule has 0 aliphatic carbocycles. The van der Waals surface area contributed by atoms with Crippen LogP contribution in [0, 0.1) is 0 Å². The molecule has 1 aromatic carbocycles. The molecule has 2 heterocycles. The summed E-state index contributed by atoms with van der Waals surface area (Å²) in [6, 6.07) is 5.63. The average Bonchev–Trinajstić information content (AvgIpc) is 2.88. The molecule has 0 aliphatic rings. The Labute approximate surface area is 103 Å². The highest BCUT2D eigenvalue weighted by Gasteiger charge is 2.07. The maximum Gasteiger partial charge on any atom is 0.0995 e. The van der Waals surface area contributed by atoms with Gasteiger partial charge in [-0.1, -0.05) is 5.21 Å². The third kappa shape index (κ3) is 1.82. The molecule has 6 nitrogen and oxygen atoms in total. The van der Waals surface area contributed by atoms with Gasteiger partial charge in [-0.15, -0.1) is 5.10 Å². The first-order valence-corrected chi connectivity index (χ1v) is 5.63. The second-order valence-electron chi connectivity index (χ2n) is 4.11. The van der Waals surface area contributed by atoms with E-state index in [4.69, 9.17) is 5.73 Å². The molecular weight excluding hydrogens is 228 g/mol. The Hall–Kier alpha value is -2.34. The lowest BCUT2D eigenvalue weighted by Crippen LogP contribution is -2.04. The number of benzene rings is 1. The van der Waals surface area contributed by atoms with E-state index in [0.717, 1.165) is 22.4 Å². The molecule has 0 aliphatic heterocycles. The molecular formula is C12H12N6.